The number of ether oxygens (including phenoxy) is 1. The van der Waals surface area contributed by atoms with Crippen molar-refractivity contribution in [2.24, 2.45) is 18.9 Å². The lowest BCUT2D eigenvalue weighted by molar-refractivity contribution is -0.192. The van der Waals surface area contributed by atoms with Crippen LogP contribution in [0, 0.1) is 11.8 Å². The summed E-state index contributed by atoms with van der Waals surface area (Å²) in [6.45, 7) is 3.39. The first-order chi connectivity index (χ1) is 14.6. The topological polar surface area (TPSA) is 96.7 Å². The van der Waals surface area contributed by atoms with Gasteiger partial charge in [-0.05, 0) is 19.3 Å². The molecule has 4 rings (SSSR count). The van der Waals surface area contributed by atoms with Crippen LogP contribution in [0.5, 0.6) is 0 Å². The van der Waals surface area contributed by atoms with Gasteiger partial charge in [0.25, 0.3) is 0 Å². The van der Waals surface area contributed by atoms with Gasteiger partial charge in [0, 0.05) is 57.0 Å². The molecule has 0 spiro atoms. The average molecular weight is 446 g/mol. The summed E-state index contributed by atoms with van der Waals surface area (Å²) in [6, 6.07) is 0.395. The fourth-order valence-electron chi connectivity index (χ4n) is 4.65. The Balaban J connectivity index is 0.000000339. The molecule has 1 amide bonds. The van der Waals surface area contributed by atoms with Crippen LogP contribution in [-0.2, 0) is 27.9 Å². The number of fused-ring (bicyclic) bond motifs is 1. The molecule has 2 N–H and O–H groups in total. The minimum absolute atomic E-state index is 0.0588. The summed E-state index contributed by atoms with van der Waals surface area (Å²) in [4.78, 5) is 24.1. The van der Waals surface area contributed by atoms with Crippen molar-refractivity contribution >= 4 is 11.9 Å². The first kappa shape index (κ1) is 23.5. The van der Waals surface area contributed by atoms with Crippen LogP contribution in [0.15, 0.2) is 12.4 Å². The lowest BCUT2D eigenvalue weighted by Crippen LogP contribution is -2.53. The summed E-state index contributed by atoms with van der Waals surface area (Å²) in [5.74, 6) is -2.06. The van der Waals surface area contributed by atoms with Crippen LogP contribution in [0.2, 0.25) is 0 Å². The second-order valence-corrected chi connectivity index (χ2v) is 8.48. The third-order valence-electron chi connectivity index (χ3n) is 6.12. The van der Waals surface area contributed by atoms with Gasteiger partial charge in [0.05, 0.1) is 18.2 Å². The van der Waals surface area contributed by atoms with E-state index in [1.807, 2.05) is 17.9 Å². The van der Waals surface area contributed by atoms with Crippen molar-refractivity contribution < 1.29 is 32.6 Å². The maximum atomic E-state index is 12.9. The van der Waals surface area contributed by atoms with E-state index in [9.17, 15) is 18.0 Å². The maximum absolute atomic E-state index is 12.9. The Labute approximate surface area is 178 Å². The number of amides is 1. The first-order valence-corrected chi connectivity index (χ1v) is 10.6. The van der Waals surface area contributed by atoms with E-state index in [2.05, 4.69) is 21.5 Å². The van der Waals surface area contributed by atoms with E-state index in [-0.39, 0.29) is 17.9 Å². The van der Waals surface area contributed by atoms with Crippen molar-refractivity contribution in [3.8, 4) is 0 Å². The van der Waals surface area contributed by atoms with Crippen LogP contribution in [-0.4, -0.2) is 69.7 Å². The van der Waals surface area contributed by atoms with Crippen LogP contribution in [0.3, 0.4) is 0 Å². The van der Waals surface area contributed by atoms with Gasteiger partial charge in [0.2, 0.25) is 5.91 Å². The smallest absolute Gasteiger partial charge is 0.475 e. The Bertz CT molecular complexity index is 764. The molecule has 0 radical (unpaired) electrons. The van der Waals surface area contributed by atoms with Crippen molar-refractivity contribution in [3.63, 3.8) is 0 Å². The van der Waals surface area contributed by atoms with E-state index < -0.39 is 12.1 Å². The zero-order valence-corrected chi connectivity index (χ0v) is 17.5. The van der Waals surface area contributed by atoms with Gasteiger partial charge < -0.3 is 15.2 Å². The second kappa shape index (κ2) is 9.99. The molecule has 0 aromatic carbocycles. The molecule has 1 saturated carbocycles. The van der Waals surface area contributed by atoms with Gasteiger partial charge in [-0.2, -0.15) is 18.3 Å². The lowest BCUT2D eigenvalue weighted by atomic mass is 9.82. The third kappa shape index (κ3) is 6.42. The molecule has 1 aromatic heterocycles. The van der Waals surface area contributed by atoms with Crippen molar-refractivity contribution in [2.45, 2.75) is 57.0 Å². The van der Waals surface area contributed by atoms with E-state index in [1.165, 1.54) is 18.4 Å². The number of hydrogen-bond acceptors (Lipinski definition) is 5. The van der Waals surface area contributed by atoms with Crippen molar-refractivity contribution in [1.29, 1.82) is 0 Å². The summed E-state index contributed by atoms with van der Waals surface area (Å²) >= 11 is 0. The van der Waals surface area contributed by atoms with Gasteiger partial charge >= 0.3 is 12.1 Å². The molecule has 0 bridgehead atoms. The predicted molar refractivity (Wildman–Crippen MR) is 104 cm³/mol. The van der Waals surface area contributed by atoms with Gasteiger partial charge in [-0.3, -0.25) is 14.4 Å². The quantitative estimate of drug-likeness (QED) is 0.734. The molecule has 0 unspecified atom stereocenters. The molecule has 2 saturated heterocycles. The minimum Gasteiger partial charge on any atom is -0.475 e. The Morgan fingerprint density at radius 2 is 1.94 bits per heavy atom. The number of nitrogens with zero attached hydrogens (tertiary/aromatic N) is 3. The fraction of sp³-hybridized carbons (Fsp3) is 0.750. The predicted octanol–water partition coefficient (Wildman–Crippen LogP) is 1.95. The SMILES string of the molecule is Cn1cc(CN2C[C@H]3OCC[C@H]3[C@H](C(=O)NC3CCCC3)C2)cn1.O=C(O)C(F)(F)F. The summed E-state index contributed by atoms with van der Waals surface area (Å²) in [5.41, 5.74) is 1.20. The number of rotatable bonds is 4. The summed E-state index contributed by atoms with van der Waals surface area (Å²) in [7, 11) is 1.94. The van der Waals surface area contributed by atoms with E-state index in [0.717, 1.165) is 45.5 Å². The summed E-state index contributed by atoms with van der Waals surface area (Å²) < 4.78 is 39.5. The standard InChI is InChI=1S/C18H28N4O2.C2HF3O2/c1-21-9-13(8-19-21)10-22-11-16(15-6-7-24-17(15)12-22)18(23)20-14-4-2-3-5-14;3-2(4,5)1(6)7/h8-9,14-17H,2-7,10-12H2,1H3,(H,20,23);(H,6,7)/t15-,16+,17+;/m0./s1. The van der Waals surface area contributed by atoms with Crippen LogP contribution in [0.1, 0.15) is 37.7 Å². The zero-order valence-electron chi connectivity index (χ0n) is 17.5. The van der Waals surface area contributed by atoms with E-state index >= 15 is 0 Å². The number of carbonyl (C=O) groups excluding carboxylic acids is 1. The van der Waals surface area contributed by atoms with E-state index in [1.54, 1.807) is 0 Å². The number of piperidine rings is 1. The number of carbonyl (C=O) groups is 2. The van der Waals surface area contributed by atoms with Gasteiger partial charge in [-0.25, -0.2) is 4.79 Å². The highest BCUT2D eigenvalue weighted by molar-refractivity contribution is 5.79. The number of alkyl halides is 3. The minimum atomic E-state index is -5.08. The number of carboxylic acids is 1. The maximum Gasteiger partial charge on any atom is 0.490 e. The number of hydrogen-bond donors (Lipinski definition) is 2. The van der Waals surface area contributed by atoms with Crippen molar-refractivity contribution in [2.75, 3.05) is 19.7 Å². The molecule has 3 atom stereocenters. The summed E-state index contributed by atoms with van der Waals surface area (Å²) in [5, 5.41) is 14.7. The molecule has 11 heteroatoms. The largest absolute Gasteiger partial charge is 0.490 e. The van der Waals surface area contributed by atoms with E-state index in [0.29, 0.717) is 12.0 Å². The molecular formula is C20H29F3N4O4. The number of likely N-dealkylation sites (tertiary alicyclic amines) is 1. The Morgan fingerprint density at radius 3 is 2.52 bits per heavy atom. The molecule has 1 aliphatic carbocycles. The normalized spacial score (nSPS) is 26.8. The third-order valence-corrected chi connectivity index (χ3v) is 6.12. The van der Waals surface area contributed by atoms with Crippen molar-refractivity contribution in [1.82, 2.24) is 20.0 Å². The van der Waals surface area contributed by atoms with Crippen LogP contribution in [0.4, 0.5) is 13.2 Å². The highest BCUT2D eigenvalue weighted by Crippen LogP contribution is 2.34. The van der Waals surface area contributed by atoms with Crippen LogP contribution >= 0.6 is 0 Å². The molecule has 2 aliphatic heterocycles. The number of aromatic nitrogens is 2. The summed E-state index contributed by atoms with van der Waals surface area (Å²) in [6.07, 6.45) is 4.88. The molecule has 3 heterocycles. The molecule has 174 valence electrons. The zero-order chi connectivity index (χ0) is 22.6. The van der Waals surface area contributed by atoms with Crippen LogP contribution < -0.4 is 5.32 Å². The highest BCUT2D eigenvalue weighted by atomic mass is 19.4. The van der Waals surface area contributed by atoms with E-state index in [4.69, 9.17) is 14.6 Å². The number of aliphatic carboxylic acids is 1. The Morgan fingerprint density at radius 1 is 1.26 bits per heavy atom. The first-order valence-electron chi connectivity index (χ1n) is 10.6. The van der Waals surface area contributed by atoms with Gasteiger partial charge in [-0.15, -0.1) is 0 Å². The highest BCUT2D eigenvalue weighted by Gasteiger charge is 2.44. The number of carboxylic acid groups (broad SMARTS) is 1. The van der Waals surface area contributed by atoms with Gasteiger partial charge in [0.1, 0.15) is 0 Å². The molecular weight excluding hydrogens is 417 g/mol. The Hall–Kier alpha value is -2.14. The molecule has 31 heavy (non-hydrogen) atoms. The van der Waals surface area contributed by atoms with Crippen molar-refractivity contribution in [3.05, 3.63) is 18.0 Å². The number of halogens is 3. The lowest BCUT2D eigenvalue weighted by Gasteiger charge is -2.39. The monoisotopic (exact) mass is 446 g/mol. The molecule has 8 nitrogen and oxygen atoms in total. The second-order valence-electron chi connectivity index (χ2n) is 8.48. The van der Waals surface area contributed by atoms with Gasteiger partial charge in [-0.1, -0.05) is 12.8 Å². The number of aryl methyl sites for hydroxylation is 1. The Kier molecular flexibility index (Phi) is 7.58. The molecule has 1 aromatic rings. The fourth-order valence-corrected chi connectivity index (χ4v) is 4.65. The average Bonchev–Trinajstić information content (AvgIpc) is 3.43. The van der Waals surface area contributed by atoms with Gasteiger partial charge in [0.15, 0.2) is 0 Å². The van der Waals surface area contributed by atoms with Crippen LogP contribution in [0.25, 0.3) is 0 Å². The molecule has 3 aliphatic rings. The number of nitrogens with one attached hydrogen (secondary N) is 1. The molecule has 3 fully saturated rings.